The van der Waals surface area contributed by atoms with Gasteiger partial charge < -0.3 is 21.4 Å². The highest BCUT2D eigenvalue weighted by Gasteiger charge is 2.26. The molecule has 0 heterocycles. The van der Waals surface area contributed by atoms with Crippen LogP contribution in [0.1, 0.15) is 30.4 Å². The number of benzene rings is 1. The molecule has 2 atom stereocenters. The summed E-state index contributed by atoms with van der Waals surface area (Å²) >= 11 is 0. The van der Waals surface area contributed by atoms with Crippen LogP contribution < -0.4 is 11.1 Å². The average Bonchev–Trinajstić information content (AvgIpc) is 2.92. The van der Waals surface area contributed by atoms with Crippen molar-refractivity contribution in [2.24, 2.45) is 16.8 Å². The molecule has 1 saturated carbocycles. The highest BCUT2D eigenvalue weighted by Crippen LogP contribution is 2.25. The lowest BCUT2D eigenvalue weighted by atomic mass is 10.0. The number of hydrogen-bond donors (Lipinski definition) is 4. The van der Waals surface area contributed by atoms with E-state index >= 15 is 0 Å². The van der Waals surface area contributed by atoms with E-state index in [1.165, 1.54) is 0 Å². The Balaban J connectivity index is 2.03. The molecule has 0 aliphatic heterocycles. The van der Waals surface area contributed by atoms with Gasteiger partial charge in [0.2, 0.25) is 0 Å². The van der Waals surface area contributed by atoms with Crippen LogP contribution >= 0.6 is 0 Å². The molecule has 1 aliphatic rings. The number of nitrogens with one attached hydrogen (secondary N) is 1. The molecule has 5 N–H and O–H groups in total. The zero-order valence-electron chi connectivity index (χ0n) is 10.9. The summed E-state index contributed by atoms with van der Waals surface area (Å²) in [6.45, 7) is 0.896. The standard InChI is InChI=1S/C14H21N3O2/c15-14(17-19)12-6-2-1-4-10(12)8-16-13-7-3-5-11(13)9-18/h1-2,4,6,11,13,16,18-19H,3,5,7-9H2,(H2,15,17). The fourth-order valence-electron chi connectivity index (χ4n) is 2.74. The van der Waals surface area contributed by atoms with Crippen LogP contribution in [-0.4, -0.2) is 28.8 Å². The van der Waals surface area contributed by atoms with Gasteiger partial charge in [-0.3, -0.25) is 0 Å². The van der Waals surface area contributed by atoms with Crippen LogP contribution in [0.4, 0.5) is 0 Å². The summed E-state index contributed by atoms with van der Waals surface area (Å²) in [5, 5.41) is 24.6. The van der Waals surface area contributed by atoms with Gasteiger partial charge in [0, 0.05) is 24.8 Å². The van der Waals surface area contributed by atoms with E-state index in [4.69, 9.17) is 10.9 Å². The molecule has 1 aromatic rings. The topological polar surface area (TPSA) is 90.9 Å². The predicted molar refractivity (Wildman–Crippen MR) is 74.0 cm³/mol. The normalized spacial score (nSPS) is 23.7. The molecular formula is C14H21N3O2. The van der Waals surface area contributed by atoms with Gasteiger partial charge in [-0.05, 0) is 24.3 Å². The maximum Gasteiger partial charge on any atom is 0.170 e. The molecule has 0 saturated heterocycles. The zero-order valence-corrected chi connectivity index (χ0v) is 10.9. The van der Waals surface area contributed by atoms with Crippen molar-refractivity contribution in [1.82, 2.24) is 5.32 Å². The first-order valence-corrected chi connectivity index (χ1v) is 6.66. The van der Waals surface area contributed by atoms with E-state index in [1.807, 2.05) is 24.3 Å². The second-order valence-corrected chi connectivity index (χ2v) is 5.00. The van der Waals surface area contributed by atoms with Crippen LogP contribution in [0.2, 0.25) is 0 Å². The van der Waals surface area contributed by atoms with Crippen LogP contribution in [-0.2, 0) is 6.54 Å². The van der Waals surface area contributed by atoms with Crippen molar-refractivity contribution < 1.29 is 10.3 Å². The molecule has 0 radical (unpaired) electrons. The number of aliphatic hydroxyl groups excluding tert-OH is 1. The monoisotopic (exact) mass is 263 g/mol. The highest BCUT2D eigenvalue weighted by atomic mass is 16.4. The first-order valence-electron chi connectivity index (χ1n) is 6.66. The van der Waals surface area contributed by atoms with Gasteiger partial charge in [0.05, 0.1) is 0 Å². The molecule has 104 valence electrons. The second-order valence-electron chi connectivity index (χ2n) is 5.00. The maximum absolute atomic E-state index is 9.30. The summed E-state index contributed by atoms with van der Waals surface area (Å²) < 4.78 is 0. The summed E-state index contributed by atoms with van der Waals surface area (Å²) in [6.07, 6.45) is 3.33. The van der Waals surface area contributed by atoms with E-state index in [1.54, 1.807) is 0 Å². The summed E-state index contributed by atoms with van der Waals surface area (Å²) in [5.74, 6) is 0.471. The lowest BCUT2D eigenvalue weighted by Crippen LogP contribution is -2.34. The van der Waals surface area contributed by atoms with Crippen molar-refractivity contribution >= 4 is 5.84 Å². The highest BCUT2D eigenvalue weighted by molar-refractivity contribution is 5.98. The predicted octanol–water partition coefficient (Wildman–Crippen LogP) is 1.03. The summed E-state index contributed by atoms with van der Waals surface area (Å²) in [6, 6.07) is 7.95. The van der Waals surface area contributed by atoms with E-state index in [9.17, 15) is 5.11 Å². The van der Waals surface area contributed by atoms with Gasteiger partial charge in [0.25, 0.3) is 0 Å². The van der Waals surface area contributed by atoms with Crippen LogP contribution in [0, 0.1) is 5.92 Å². The van der Waals surface area contributed by atoms with Gasteiger partial charge in [-0.2, -0.15) is 0 Å². The molecule has 2 unspecified atom stereocenters. The lowest BCUT2D eigenvalue weighted by Gasteiger charge is -2.20. The molecule has 1 aromatic carbocycles. The number of rotatable bonds is 5. The molecule has 0 spiro atoms. The molecule has 0 bridgehead atoms. The van der Waals surface area contributed by atoms with Gasteiger partial charge in [-0.1, -0.05) is 35.8 Å². The fourth-order valence-corrected chi connectivity index (χ4v) is 2.74. The number of hydrogen-bond acceptors (Lipinski definition) is 4. The summed E-state index contributed by atoms with van der Waals surface area (Å²) in [7, 11) is 0. The van der Waals surface area contributed by atoms with Crippen molar-refractivity contribution in [1.29, 1.82) is 0 Å². The van der Waals surface area contributed by atoms with Crippen molar-refractivity contribution in [3.63, 3.8) is 0 Å². The molecule has 2 rings (SSSR count). The second kappa shape index (κ2) is 6.54. The van der Waals surface area contributed by atoms with Crippen LogP contribution in [0.15, 0.2) is 29.4 Å². The Bertz CT molecular complexity index is 448. The Morgan fingerprint density at radius 1 is 1.37 bits per heavy atom. The minimum atomic E-state index is 0.127. The van der Waals surface area contributed by atoms with Crippen LogP contribution in [0.3, 0.4) is 0 Å². The fraction of sp³-hybridized carbons (Fsp3) is 0.500. The smallest absolute Gasteiger partial charge is 0.170 e. The largest absolute Gasteiger partial charge is 0.409 e. The summed E-state index contributed by atoms with van der Waals surface area (Å²) in [4.78, 5) is 0. The van der Waals surface area contributed by atoms with E-state index in [0.29, 0.717) is 18.5 Å². The van der Waals surface area contributed by atoms with Gasteiger partial charge in [0.1, 0.15) is 0 Å². The first-order chi connectivity index (χ1) is 9.26. The Hall–Kier alpha value is -1.59. The SMILES string of the molecule is N/C(=N/O)c1ccccc1CNC1CCCC1CO. The summed E-state index contributed by atoms with van der Waals surface area (Å²) in [5.41, 5.74) is 7.41. The molecule has 0 aromatic heterocycles. The lowest BCUT2D eigenvalue weighted by molar-refractivity contribution is 0.205. The number of nitrogens with two attached hydrogens (primary N) is 1. The Morgan fingerprint density at radius 3 is 2.89 bits per heavy atom. The third-order valence-corrected chi connectivity index (χ3v) is 3.85. The third kappa shape index (κ3) is 3.24. The Labute approximate surface area is 113 Å². The van der Waals surface area contributed by atoms with Crippen molar-refractivity contribution in [2.75, 3.05) is 6.61 Å². The number of amidine groups is 1. The van der Waals surface area contributed by atoms with E-state index in [2.05, 4.69) is 10.5 Å². The van der Waals surface area contributed by atoms with E-state index in [-0.39, 0.29) is 12.4 Å². The Kier molecular flexibility index (Phi) is 4.76. The minimum absolute atomic E-state index is 0.127. The van der Waals surface area contributed by atoms with Crippen molar-refractivity contribution in [3.8, 4) is 0 Å². The maximum atomic E-state index is 9.30. The van der Waals surface area contributed by atoms with Crippen molar-refractivity contribution in [2.45, 2.75) is 31.8 Å². The van der Waals surface area contributed by atoms with E-state index < -0.39 is 0 Å². The molecule has 5 nitrogen and oxygen atoms in total. The van der Waals surface area contributed by atoms with Gasteiger partial charge >= 0.3 is 0 Å². The number of nitrogens with zero attached hydrogens (tertiary/aromatic N) is 1. The zero-order chi connectivity index (χ0) is 13.7. The first kappa shape index (κ1) is 13.8. The molecule has 0 amide bonds. The third-order valence-electron chi connectivity index (χ3n) is 3.85. The number of oxime groups is 1. The molecule has 1 aliphatic carbocycles. The van der Waals surface area contributed by atoms with Gasteiger partial charge in [-0.15, -0.1) is 0 Å². The average molecular weight is 263 g/mol. The van der Waals surface area contributed by atoms with E-state index in [0.717, 1.165) is 30.4 Å². The van der Waals surface area contributed by atoms with Gasteiger partial charge in [-0.25, -0.2) is 0 Å². The van der Waals surface area contributed by atoms with Gasteiger partial charge in [0.15, 0.2) is 5.84 Å². The Morgan fingerprint density at radius 2 is 2.16 bits per heavy atom. The molecule has 19 heavy (non-hydrogen) atoms. The quantitative estimate of drug-likeness (QED) is 0.276. The van der Waals surface area contributed by atoms with Crippen LogP contribution in [0.5, 0.6) is 0 Å². The van der Waals surface area contributed by atoms with Crippen LogP contribution in [0.25, 0.3) is 0 Å². The van der Waals surface area contributed by atoms with Crippen molar-refractivity contribution in [3.05, 3.63) is 35.4 Å². The molecule has 5 heteroatoms. The molecule has 1 fully saturated rings. The minimum Gasteiger partial charge on any atom is -0.409 e. The molecular weight excluding hydrogens is 242 g/mol. The number of aliphatic hydroxyl groups is 1.